The number of esters is 4. The molecule has 1 heterocycles. The van der Waals surface area contributed by atoms with Gasteiger partial charge in [0.05, 0.1) is 25.9 Å². The van der Waals surface area contributed by atoms with E-state index in [0.717, 1.165) is 0 Å². The number of benzene rings is 1. The number of aliphatic hydroxyl groups excluding tert-OH is 1. The summed E-state index contributed by atoms with van der Waals surface area (Å²) < 4.78 is 20.3. The van der Waals surface area contributed by atoms with Crippen LogP contribution in [0.4, 0.5) is 5.69 Å². The van der Waals surface area contributed by atoms with E-state index in [1.165, 1.54) is 39.2 Å². The van der Waals surface area contributed by atoms with Crippen LogP contribution >= 0.6 is 0 Å². The van der Waals surface area contributed by atoms with E-state index in [9.17, 15) is 24.3 Å². The summed E-state index contributed by atoms with van der Waals surface area (Å²) in [6, 6.07) is 2.46. The van der Waals surface area contributed by atoms with Gasteiger partial charge >= 0.3 is 23.9 Å². The highest BCUT2D eigenvalue weighted by Crippen LogP contribution is 2.48. The van der Waals surface area contributed by atoms with Crippen LogP contribution in [-0.2, 0) is 33.3 Å². The van der Waals surface area contributed by atoms with E-state index < -0.39 is 47.0 Å². The quantitative estimate of drug-likeness (QED) is 0.374. The average molecular weight is 451 g/mol. The summed E-state index contributed by atoms with van der Waals surface area (Å²) in [6.45, 7) is 7.66. The van der Waals surface area contributed by atoms with Crippen LogP contribution in [0.25, 0.3) is 0 Å². The van der Waals surface area contributed by atoms with Gasteiger partial charge in [-0.25, -0.2) is 9.59 Å². The van der Waals surface area contributed by atoms with E-state index in [0.29, 0.717) is 0 Å². The number of ether oxygens (including phenoxy) is 4. The standard InChI is InChI=1S/C22H29NO9/c1-7-30-19(27)22(20(28)31-8-2)15(18(26)32-21(3,4)5)23-14-10-9-12(17(25)29-6)11-13(14)16(22)24/h9-11,15-16,23-24H,7-8H2,1-6H3/t15-,16-/m1/s1. The Kier molecular flexibility index (Phi) is 7.50. The Hall–Kier alpha value is -3.14. The summed E-state index contributed by atoms with van der Waals surface area (Å²) in [5.41, 5.74) is -3.15. The van der Waals surface area contributed by atoms with Crippen molar-refractivity contribution in [2.24, 2.45) is 5.41 Å². The van der Waals surface area contributed by atoms with Crippen molar-refractivity contribution >= 4 is 29.6 Å². The Morgan fingerprint density at radius 3 is 2.09 bits per heavy atom. The SMILES string of the molecule is CCOC(=O)C1(C(=O)OCC)[C@@H](C(=O)OC(C)(C)C)Nc2ccc(C(=O)OC)cc2[C@H]1O. The van der Waals surface area contributed by atoms with Gasteiger partial charge in [-0.3, -0.25) is 9.59 Å². The number of carbonyl (C=O) groups excluding carboxylic acids is 4. The lowest BCUT2D eigenvalue weighted by Gasteiger charge is -2.43. The van der Waals surface area contributed by atoms with E-state index in [2.05, 4.69) is 5.32 Å². The number of anilines is 1. The van der Waals surface area contributed by atoms with Gasteiger partial charge in [-0.2, -0.15) is 0 Å². The zero-order valence-corrected chi connectivity index (χ0v) is 19.0. The second-order valence-electron chi connectivity index (χ2n) is 8.12. The highest BCUT2D eigenvalue weighted by atomic mass is 16.6. The van der Waals surface area contributed by atoms with Crippen molar-refractivity contribution in [2.45, 2.75) is 52.4 Å². The molecule has 2 atom stereocenters. The molecule has 0 fully saturated rings. The van der Waals surface area contributed by atoms with Crippen molar-refractivity contribution in [1.29, 1.82) is 0 Å². The summed E-state index contributed by atoms with van der Waals surface area (Å²) in [5.74, 6) is -3.97. The Bertz CT molecular complexity index is 885. The Morgan fingerprint density at radius 2 is 1.62 bits per heavy atom. The van der Waals surface area contributed by atoms with Crippen molar-refractivity contribution in [3.05, 3.63) is 29.3 Å². The first-order valence-corrected chi connectivity index (χ1v) is 10.2. The fraction of sp³-hybridized carbons (Fsp3) is 0.545. The van der Waals surface area contributed by atoms with E-state index >= 15 is 0 Å². The van der Waals surface area contributed by atoms with E-state index in [4.69, 9.17) is 18.9 Å². The predicted molar refractivity (Wildman–Crippen MR) is 112 cm³/mol. The number of hydrogen-bond donors (Lipinski definition) is 2. The van der Waals surface area contributed by atoms with Crippen LogP contribution in [0.5, 0.6) is 0 Å². The smallest absolute Gasteiger partial charge is 0.337 e. The second-order valence-corrected chi connectivity index (χ2v) is 8.12. The van der Waals surface area contributed by atoms with E-state index in [1.54, 1.807) is 20.8 Å². The molecule has 176 valence electrons. The predicted octanol–water partition coefficient (Wildman–Crippen LogP) is 1.75. The molecule has 0 aromatic heterocycles. The molecule has 0 spiro atoms. The third-order valence-corrected chi connectivity index (χ3v) is 4.82. The molecule has 10 nitrogen and oxygen atoms in total. The summed E-state index contributed by atoms with van der Waals surface area (Å²) in [6.07, 6.45) is -1.89. The molecule has 0 radical (unpaired) electrons. The normalized spacial score (nSPS) is 19.1. The summed E-state index contributed by atoms with van der Waals surface area (Å²) in [5, 5.41) is 14.2. The molecule has 1 aromatic rings. The Balaban J connectivity index is 2.77. The van der Waals surface area contributed by atoms with Gasteiger partial charge in [0, 0.05) is 11.3 Å². The van der Waals surface area contributed by atoms with Gasteiger partial charge < -0.3 is 29.4 Å². The third kappa shape index (κ3) is 4.55. The Morgan fingerprint density at radius 1 is 1.06 bits per heavy atom. The molecule has 1 aliphatic rings. The number of nitrogens with one attached hydrogen (secondary N) is 1. The van der Waals surface area contributed by atoms with Gasteiger partial charge in [0.2, 0.25) is 5.41 Å². The lowest BCUT2D eigenvalue weighted by molar-refractivity contribution is -0.191. The van der Waals surface area contributed by atoms with Gasteiger partial charge in [-0.15, -0.1) is 0 Å². The highest BCUT2D eigenvalue weighted by molar-refractivity contribution is 6.08. The van der Waals surface area contributed by atoms with Crippen LogP contribution in [0.1, 0.15) is 56.6 Å². The molecular formula is C22H29NO9. The molecule has 1 aliphatic heterocycles. The first-order valence-electron chi connectivity index (χ1n) is 10.2. The van der Waals surface area contributed by atoms with Gasteiger partial charge in [-0.1, -0.05) is 0 Å². The van der Waals surface area contributed by atoms with Crippen molar-refractivity contribution in [3.63, 3.8) is 0 Å². The lowest BCUT2D eigenvalue weighted by atomic mass is 9.69. The largest absolute Gasteiger partial charge is 0.465 e. The summed E-state index contributed by atoms with van der Waals surface area (Å²) in [7, 11) is 1.19. The van der Waals surface area contributed by atoms with Crippen molar-refractivity contribution in [3.8, 4) is 0 Å². The van der Waals surface area contributed by atoms with Crippen LogP contribution in [-0.4, -0.2) is 61.0 Å². The fourth-order valence-corrected chi connectivity index (χ4v) is 3.49. The molecule has 2 N–H and O–H groups in total. The maximum Gasteiger partial charge on any atom is 0.337 e. The van der Waals surface area contributed by atoms with Gasteiger partial charge in [0.15, 0.2) is 6.04 Å². The summed E-state index contributed by atoms with van der Waals surface area (Å²) >= 11 is 0. The van der Waals surface area contributed by atoms with Crippen LogP contribution in [0.3, 0.4) is 0 Å². The maximum atomic E-state index is 13.2. The molecule has 32 heavy (non-hydrogen) atoms. The zero-order chi connectivity index (χ0) is 24.3. The van der Waals surface area contributed by atoms with Crippen molar-refractivity contribution in [1.82, 2.24) is 0 Å². The monoisotopic (exact) mass is 451 g/mol. The van der Waals surface area contributed by atoms with Gasteiger partial charge in [0.1, 0.15) is 11.7 Å². The molecular weight excluding hydrogens is 422 g/mol. The number of hydrogen-bond acceptors (Lipinski definition) is 10. The molecule has 0 saturated carbocycles. The topological polar surface area (TPSA) is 137 Å². The summed E-state index contributed by atoms with van der Waals surface area (Å²) in [4.78, 5) is 51.5. The fourth-order valence-electron chi connectivity index (χ4n) is 3.49. The average Bonchev–Trinajstić information content (AvgIpc) is 2.71. The number of carbonyl (C=O) groups is 4. The Labute approximate surface area is 186 Å². The number of fused-ring (bicyclic) bond motifs is 1. The second kappa shape index (κ2) is 9.56. The van der Waals surface area contributed by atoms with E-state index in [1.807, 2.05) is 0 Å². The minimum atomic E-state index is -2.52. The highest BCUT2D eigenvalue weighted by Gasteiger charge is 2.66. The minimum absolute atomic E-state index is 0.0221. The van der Waals surface area contributed by atoms with Gasteiger partial charge in [-0.05, 0) is 52.8 Å². The molecule has 0 unspecified atom stereocenters. The van der Waals surface area contributed by atoms with Crippen LogP contribution in [0.2, 0.25) is 0 Å². The number of rotatable bonds is 6. The first-order chi connectivity index (χ1) is 14.9. The molecule has 1 aromatic carbocycles. The first kappa shape index (κ1) is 25.1. The van der Waals surface area contributed by atoms with Gasteiger partial charge in [0.25, 0.3) is 0 Å². The van der Waals surface area contributed by atoms with Crippen LogP contribution < -0.4 is 5.32 Å². The number of aliphatic hydroxyl groups is 1. The molecule has 0 aliphatic carbocycles. The van der Waals surface area contributed by atoms with Crippen LogP contribution in [0.15, 0.2) is 18.2 Å². The van der Waals surface area contributed by atoms with E-state index in [-0.39, 0.29) is 30.0 Å². The zero-order valence-electron chi connectivity index (χ0n) is 19.0. The van der Waals surface area contributed by atoms with Crippen molar-refractivity contribution in [2.75, 3.05) is 25.6 Å². The van der Waals surface area contributed by atoms with Crippen LogP contribution in [0, 0.1) is 5.41 Å². The van der Waals surface area contributed by atoms with Crippen molar-refractivity contribution < 1.29 is 43.2 Å². The third-order valence-electron chi connectivity index (χ3n) is 4.82. The molecule has 10 heteroatoms. The molecule has 0 bridgehead atoms. The molecule has 0 amide bonds. The minimum Gasteiger partial charge on any atom is -0.465 e. The molecule has 0 saturated heterocycles. The maximum absolute atomic E-state index is 13.2. The lowest BCUT2D eigenvalue weighted by Crippen LogP contribution is -2.63. The number of methoxy groups -OCH3 is 1. The molecule has 2 rings (SSSR count).